The van der Waals surface area contributed by atoms with Crippen LogP contribution in [0.15, 0.2) is 18.6 Å². The highest BCUT2D eigenvalue weighted by atomic mass is 32.2. The van der Waals surface area contributed by atoms with Gasteiger partial charge in [0.25, 0.3) is 0 Å². The first-order valence-electron chi connectivity index (χ1n) is 8.17. The molecule has 128 valence electrons. The van der Waals surface area contributed by atoms with E-state index in [0.717, 1.165) is 25.2 Å². The molecule has 1 aromatic rings. The van der Waals surface area contributed by atoms with Crippen molar-refractivity contribution in [2.45, 2.75) is 31.8 Å². The molecule has 1 aromatic heterocycles. The summed E-state index contributed by atoms with van der Waals surface area (Å²) in [6.45, 7) is 4.79. The van der Waals surface area contributed by atoms with Gasteiger partial charge in [0.15, 0.2) is 0 Å². The first kappa shape index (κ1) is 16.6. The monoisotopic (exact) mass is 340 g/mol. The SMILES string of the molecule is CCCS(=O)(=O)N1CCO[C@]2(CCCN(c3cnccn3)C2)C1. The summed E-state index contributed by atoms with van der Waals surface area (Å²) in [4.78, 5) is 10.6. The highest BCUT2D eigenvalue weighted by Gasteiger charge is 2.43. The van der Waals surface area contributed by atoms with Gasteiger partial charge in [0.05, 0.1) is 24.2 Å². The Kier molecular flexibility index (Phi) is 4.84. The highest BCUT2D eigenvalue weighted by Crippen LogP contribution is 2.31. The molecule has 0 bridgehead atoms. The van der Waals surface area contributed by atoms with Gasteiger partial charge >= 0.3 is 0 Å². The van der Waals surface area contributed by atoms with Gasteiger partial charge in [0.2, 0.25) is 10.0 Å². The Balaban J connectivity index is 1.76. The topological polar surface area (TPSA) is 75.6 Å². The molecule has 0 radical (unpaired) electrons. The number of hydrogen-bond acceptors (Lipinski definition) is 6. The van der Waals surface area contributed by atoms with E-state index in [4.69, 9.17) is 4.74 Å². The van der Waals surface area contributed by atoms with E-state index in [1.165, 1.54) is 0 Å². The summed E-state index contributed by atoms with van der Waals surface area (Å²) in [5.41, 5.74) is -0.436. The first-order chi connectivity index (χ1) is 11.0. The molecule has 1 spiro atoms. The molecule has 1 atom stereocenters. The molecule has 0 aromatic carbocycles. The third kappa shape index (κ3) is 3.64. The Labute approximate surface area is 137 Å². The highest BCUT2D eigenvalue weighted by molar-refractivity contribution is 7.89. The number of sulfonamides is 1. The van der Waals surface area contributed by atoms with Gasteiger partial charge in [-0.25, -0.2) is 13.4 Å². The zero-order chi connectivity index (χ0) is 16.3. The predicted octanol–water partition coefficient (Wildman–Crippen LogP) is 0.888. The van der Waals surface area contributed by atoms with Gasteiger partial charge in [-0.2, -0.15) is 4.31 Å². The lowest BCUT2D eigenvalue weighted by molar-refractivity contribution is -0.0950. The van der Waals surface area contributed by atoms with Gasteiger partial charge in [-0.3, -0.25) is 4.98 Å². The molecular formula is C15H24N4O3S. The summed E-state index contributed by atoms with van der Waals surface area (Å²) >= 11 is 0. The van der Waals surface area contributed by atoms with Crippen molar-refractivity contribution in [1.82, 2.24) is 14.3 Å². The summed E-state index contributed by atoms with van der Waals surface area (Å²) in [5.74, 6) is 1.03. The smallest absolute Gasteiger partial charge is 0.214 e. The lowest BCUT2D eigenvalue weighted by atomic mass is 9.91. The van der Waals surface area contributed by atoms with Crippen molar-refractivity contribution >= 4 is 15.8 Å². The summed E-state index contributed by atoms with van der Waals surface area (Å²) in [7, 11) is -3.18. The molecule has 2 aliphatic heterocycles. The molecule has 0 saturated carbocycles. The minimum atomic E-state index is -3.18. The van der Waals surface area contributed by atoms with E-state index in [0.29, 0.717) is 32.7 Å². The van der Waals surface area contributed by atoms with Crippen LogP contribution in [0.1, 0.15) is 26.2 Å². The second-order valence-electron chi connectivity index (χ2n) is 6.27. The maximum atomic E-state index is 12.4. The average Bonchev–Trinajstić information content (AvgIpc) is 2.56. The number of piperidine rings is 1. The van der Waals surface area contributed by atoms with Crippen molar-refractivity contribution in [3.05, 3.63) is 18.6 Å². The van der Waals surface area contributed by atoms with Gasteiger partial charge in [0.1, 0.15) is 5.82 Å². The molecule has 0 aliphatic carbocycles. The van der Waals surface area contributed by atoms with Crippen molar-refractivity contribution in [3.63, 3.8) is 0 Å². The van der Waals surface area contributed by atoms with Gasteiger partial charge in [0, 0.05) is 38.6 Å². The maximum Gasteiger partial charge on any atom is 0.214 e. The zero-order valence-corrected chi connectivity index (χ0v) is 14.3. The van der Waals surface area contributed by atoms with Crippen LogP contribution in [0.4, 0.5) is 5.82 Å². The summed E-state index contributed by atoms with van der Waals surface area (Å²) in [6.07, 6.45) is 7.54. The van der Waals surface area contributed by atoms with E-state index in [2.05, 4.69) is 14.9 Å². The van der Waals surface area contributed by atoms with E-state index in [-0.39, 0.29) is 5.75 Å². The third-order valence-electron chi connectivity index (χ3n) is 4.48. The van der Waals surface area contributed by atoms with Crippen molar-refractivity contribution in [3.8, 4) is 0 Å². The van der Waals surface area contributed by atoms with Crippen LogP contribution in [0, 0.1) is 0 Å². The van der Waals surface area contributed by atoms with Gasteiger partial charge < -0.3 is 9.64 Å². The summed E-state index contributed by atoms with van der Waals surface area (Å²) < 4.78 is 32.5. The molecule has 7 nitrogen and oxygen atoms in total. The largest absolute Gasteiger partial charge is 0.370 e. The number of hydrogen-bond donors (Lipinski definition) is 0. The molecule has 3 rings (SSSR count). The van der Waals surface area contributed by atoms with Gasteiger partial charge in [-0.1, -0.05) is 6.92 Å². The quantitative estimate of drug-likeness (QED) is 0.810. The zero-order valence-electron chi connectivity index (χ0n) is 13.5. The first-order valence-corrected chi connectivity index (χ1v) is 9.78. The molecule has 2 saturated heterocycles. The fraction of sp³-hybridized carbons (Fsp3) is 0.733. The molecular weight excluding hydrogens is 316 g/mol. The van der Waals surface area contributed by atoms with Crippen molar-refractivity contribution < 1.29 is 13.2 Å². The second kappa shape index (κ2) is 6.70. The third-order valence-corrected chi connectivity index (χ3v) is 6.50. The van der Waals surface area contributed by atoms with Crippen LogP contribution >= 0.6 is 0 Å². The summed E-state index contributed by atoms with van der Waals surface area (Å²) in [6, 6.07) is 0. The van der Waals surface area contributed by atoms with E-state index in [9.17, 15) is 8.42 Å². The van der Waals surface area contributed by atoms with Crippen LogP contribution < -0.4 is 4.90 Å². The molecule has 23 heavy (non-hydrogen) atoms. The lowest BCUT2D eigenvalue weighted by Gasteiger charge is -2.47. The normalized spacial score (nSPS) is 26.6. The standard InChI is InChI=1S/C15H24N4O3S/c1-2-10-23(20,21)19-8-9-22-15(13-19)4-3-7-18(12-15)14-11-16-5-6-17-14/h5-6,11H,2-4,7-10,12-13H2,1H3/t15-/m0/s1. The van der Waals surface area contributed by atoms with Gasteiger partial charge in [-0.15, -0.1) is 0 Å². The number of rotatable bonds is 4. The van der Waals surface area contributed by atoms with Crippen molar-refractivity contribution in [2.24, 2.45) is 0 Å². The van der Waals surface area contributed by atoms with Crippen LogP contribution in [0.3, 0.4) is 0 Å². The molecule has 3 heterocycles. The van der Waals surface area contributed by atoms with Crippen molar-refractivity contribution in [1.29, 1.82) is 0 Å². The van der Waals surface area contributed by atoms with Gasteiger partial charge in [-0.05, 0) is 19.3 Å². The van der Waals surface area contributed by atoms with E-state index >= 15 is 0 Å². The van der Waals surface area contributed by atoms with Crippen LogP contribution in [0.2, 0.25) is 0 Å². The number of anilines is 1. The number of ether oxygens (including phenoxy) is 1. The van der Waals surface area contributed by atoms with E-state index < -0.39 is 15.6 Å². The van der Waals surface area contributed by atoms with Crippen molar-refractivity contribution in [2.75, 3.05) is 43.4 Å². The lowest BCUT2D eigenvalue weighted by Crippen LogP contribution is -2.61. The fourth-order valence-corrected chi connectivity index (χ4v) is 4.99. The maximum absolute atomic E-state index is 12.4. The summed E-state index contributed by atoms with van der Waals surface area (Å²) in [5, 5.41) is 0. The Morgan fingerprint density at radius 1 is 1.30 bits per heavy atom. The number of morpholine rings is 1. The molecule has 0 amide bonds. The molecule has 0 unspecified atom stereocenters. The molecule has 2 aliphatic rings. The molecule has 0 N–H and O–H groups in total. The van der Waals surface area contributed by atoms with E-state index in [1.807, 2.05) is 6.92 Å². The second-order valence-corrected chi connectivity index (χ2v) is 8.36. The Bertz CT molecular complexity index is 621. The number of nitrogens with zero attached hydrogens (tertiary/aromatic N) is 4. The Morgan fingerprint density at radius 3 is 2.91 bits per heavy atom. The Hall–Kier alpha value is -1.25. The minimum Gasteiger partial charge on any atom is -0.370 e. The fourth-order valence-electron chi connectivity index (χ4n) is 3.43. The predicted molar refractivity (Wildman–Crippen MR) is 87.8 cm³/mol. The van der Waals surface area contributed by atoms with Crippen LogP contribution in [-0.2, 0) is 14.8 Å². The van der Waals surface area contributed by atoms with Crippen LogP contribution in [-0.4, -0.2) is 66.8 Å². The Morgan fingerprint density at radius 2 is 2.17 bits per heavy atom. The van der Waals surface area contributed by atoms with Crippen LogP contribution in [0.5, 0.6) is 0 Å². The minimum absolute atomic E-state index is 0.205. The number of aromatic nitrogens is 2. The van der Waals surface area contributed by atoms with Crippen LogP contribution in [0.25, 0.3) is 0 Å². The average molecular weight is 340 g/mol. The van der Waals surface area contributed by atoms with E-state index in [1.54, 1.807) is 22.9 Å². The molecule has 2 fully saturated rings. The molecule has 8 heteroatoms.